The Kier molecular flexibility index (Phi) is 17.1. The first-order valence-electron chi connectivity index (χ1n) is 9.49. The lowest BCUT2D eigenvalue weighted by Gasteiger charge is -1.99. The van der Waals surface area contributed by atoms with Crippen LogP contribution < -0.4 is 0 Å². The van der Waals surface area contributed by atoms with Crippen LogP contribution in [0.5, 0.6) is 0 Å². The minimum absolute atomic E-state index is 0.199. The number of aliphatic hydroxyl groups excluding tert-OH is 2. The highest BCUT2D eigenvalue weighted by Gasteiger charge is 1.95. The van der Waals surface area contributed by atoms with Crippen LogP contribution in [-0.4, -0.2) is 35.5 Å². The van der Waals surface area contributed by atoms with Crippen LogP contribution in [0.25, 0.3) is 0 Å². The third-order valence-electron chi connectivity index (χ3n) is 3.51. The highest BCUT2D eigenvalue weighted by atomic mass is 16.5. The predicted octanol–water partition coefficient (Wildman–Crippen LogP) is 4.58. The summed E-state index contributed by atoms with van der Waals surface area (Å²) in [7, 11) is 1.39. The van der Waals surface area contributed by atoms with Crippen molar-refractivity contribution in [1.82, 2.24) is 0 Å². The molecule has 0 spiro atoms. The molecule has 0 bridgehead atoms. The highest BCUT2D eigenvalue weighted by molar-refractivity contribution is 5.69. The Morgan fingerprint density at radius 1 is 0.852 bits per heavy atom. The van der Waals surface area contributed by atoms with E-state index in [1.165, 1.54) is 7.11 Å². The van der Waals surface area contributed by atoms with Crippen LogP contribution >= 0.6 is 0 Å². The first-order valence-corrected chi connectivity index (χ1v) is 9.49. The van der Waals surface area contributed by atoms with E-state index in [-0.39, 0.29) is 5.97 Å². The van der Waals surface area contributed by atoms with Crippen molar-refractivity contribution in [3.8, 4) is 0 Å². The van der Waals surface area contributed by atoms with Crippen LogP contribution in [0.4, 0.5) is 0 Å². The molecule has 27 heavy (non-hydrogen) atoms. The first kappa shape index (κ1) is 24.8. The second-order valence-electron chi connectivity index (χ2n) is 5.93. The van der Waals surface area contributed by atoms with Gasteiger partial charge in [0, 0.05) is 6.42 Å². The number of carbonyl (C=O) groups is 1. The number of methoxy groups -OCH3 is 1. The van der Waals surface area contributed by atoms with Crippen molar-refractivity contribution < 1.29 is 19.7 Å². The largest absolute Gasteiger partial charge is 0.469 e. The van der Waals surface area contributed by atoms with Gasteiger partial charge >= 0.3 is 5.97 Å². The van der Waals surface area contributed by atoms with Crippen molar-refractivity contribution in [3.63, 3.8) is 0 Å². The molecule has 0 radical (unpaired) electrons. The molecule has 0 aliphatic rings. The number of carbonyl (C=O) groups excluding carboxylic acids is 1. The fourth-order valence-corrected chi connectivity index (χ4v) is 2.00. The van der Waals surface area contributed by atoms with Crippen molar-refractivity contribution in [2.45, 2.75) is 57.7 Å². The summed E-state index contributed by atoms with van der Waals surface area (Å²) in [6.07, 6.45) is 25.6. The molecule has 0 aliphatic carbocycles. The number of aliphatic hydroxyl groups is 2. The third kappa shape index (κ3) is 18.4. The second kappa shape index (κ2) is 18.6. The molecule has 0 fully saturated rings. The van der Waals surface area contributed by atoms with Gasteiger partial charge < -0.3 is 14.9 Å². The Balaban J connectivity index is 3.87. The van der Waals surface area contributed by atoms with Crippen molar-refractivity contribution in [2.24, 2.45) is 0 Å². The Bertz CT molecular complexity index is 539. The summed E-state index contributed by atoms with van der Waals surface area (Å²) in [6.45, 7) is 2.06. The Morgan fingerprint density at radius 3 is 1.96 bits per heavy atom. The summed E-state index contributed by atoms with van der Waals surface area (Å²) in [5.74, 6) is -0.199. The molecule has 4 heteroatoms. The van der Waals surface area contributed by atoms with E-state index in [1.54, 1.807) is 24.3 Å². The number of rotatable bonds is 14. The second-order valence-corrected chi connectivity index (χ2v) is 5.93. The SMILES string of the molecule is CC/C=C\C[C@H](O)\C=C/C=C/C=C/[C@H](O)C/C=C\C/C=C\CCC(=O)OC. The summed E-state index contributed by atoms with van der Waals surface area (Å²) in [5.41, 5.74) is 0. The van der Waals surface area contributed by atoms with Crippen LogP contribution in [-0.2, 0) is 9.53 Å². The Hall–Kier alpha value is -2.17. The van der Waals surface area contributed by atoms with Gasteiger partial charge in [-0.05, 0) is 32.1 Å². The summed E-state index contributed by atoms with van der Waals surface area (Å²) in [6, 6.07) is 0. The highest BCUT2D eigenvalue weighted by Crippen LogP contribution is 2.00. The molecule has 0 heterocycles. The van der Waals surface area contributed by atoms with E-state index < -0.39 is 12.2 Å². The number of esters is 1. The van der Waals surface area contributed by atoms with Gasteiger partial charge in [0.2, 0.25) is 0 Å². The van der Waals surface area contributed by atoms with Gasteiger partial charge in [0.1, 0.15) is 0 Å². The molecule has 0 aromatic heterocycles. The maximum atomic E-state index is 10.9. The van der Waals surface area contributed by atoms with Crippen LogP contribution in [0.15, 0.2) is 72.9 Å². The molecule has 150 valence electrons. The average molecular weight is 375 g/mol. The molecule has 0 unspecified atom stereocenters. The van der Waals surface area contributed by atoms with E-state index in [2.05, 4.69) is 11.7 Å². The summed E-state index contributed by atoms with van der Waals surface area (Å²) < 4.78 is 4.56. The van der Waals surface area contributed by atoms with Gasteiger partial charge in [-0.2, -0.15) is 0 Å². The van der Waals surface area contributed by atoms with E-state index in [0.717, 1.165) is 12.8 Å². The molecular formula is C23H34O4. The minimum Gasteiger partial charge on any atom is -0.469 e. The van der Waals surface area contributed by atoms with Gasteiger partial charge in [-0.15, -0.1) is 0 Å². The van der Waals surface area contributed by atoms with Crippen molar-refractivity contribution in [2.75, 3.05) is 7.11 Å². The molecule has 2 N–H and O–H groups in total. The van der Waals surface area contributed by atoms with Crippen LogP contribution in [0.3, 0.4) is 0 Å². The minimum atomic E-state index is -0.525. The monoisotopic (exact) mass is 374 g/mol. The molecule has 0 saturated heterocycles. The van der Waals surface area contributed by atoms with Crippen molar-refractivity contribution >= 4 is 5.97 Å². The van der Waals surface area contributed by atoms with Gasteiger partial charge in [-0.3, -0.25) is 4.79 Å². The zero-order valence-corrected chi connectivity index (χ0v) is 16.5. The van der Waals surface area contributed by atoms with Crippen molar-refractivity contribution in [3.05, 3.63) is 72.9 Å². The number of hydrogen-bond acceptors (Lipinski definition) is 4. The smallest absolute Gasteiger partial charge is 0.305 e. The lowest BCUT2D eigenvalue weighted by molar-refractivity contribution is -0.140. The van der Waals surface area contributed by atoms with E-state index in [4.69, 9.17) is 0 Å². The van der Waals surface area contributed by atoms with Gasteiger partial charge in [0.15, 0.2) is 0 Å². The number of ether oxygens (including phenoxy) is 1. The topological polar surface area (TPSA) is 66.8 Å². The normalized spacial score (nSPS) is 15.3. The molecule has 2 atom stereocenters. The third-order valence-corrected chi connectivity index (χ3v) is 3.51. The standard InChI is InChI=1S/C23H34O4/c1-3-4-11-16-21(24)18-13-9-10-14-19-22(25)17-12-7-5-6-8-15-20-23(26)27-2/h4,6-14,18-19,21-22,24-25H,3,5,15-17,20H2,1-2H3/b8-6-,10-9+,11-4-,12-7-,18-13-,19-14+/t21-,22+/m0/s1. The van der Waals surface area contributed by atoms with E-state index in [1.807, 2.05) is 48.6 Å². The average Bonchev–Trinajstić information content (AvgIpc) is 2.66. The predicted molar refractivity (Wildman–Crippen MR) is 112 cm³/mol. The lowest BCUT2D eigenvalue weighted by Crippen LogP contribution is -1.99. The Morgan fingerprint density at radius 2 is 1.41 bits per heavy atom. The number of allylic oxidation sites excluding steroid dienone is 8. The van der Waals surface area contributed by atoms with E-state index in [0.29, 0.717) is 25.7 Å². The quantitative estimate of drug-likeness (QED) is 0.265. The van der Waals surface area contributed by atoms with Crippen LogP contribution in [0.1, 0.15) is 45.4 Å². The molecule has 0 aliphatic heterocycles. The summed E-state index contributed by atoms with van der Waals surface area (Å²) in [5, 5.41) is 19.5. The summed E-state index contributed by atoms with van der Waals surface area (Å²) in [4.78, 5) is 10.9. The van der Waals surface area contributed by atoms with Crippen molar-refractivity contribution in [1.29, 1.82) is 0 Å². The molecule has 0 aromatic rings. The number of hydrogen-bond donors (Lipinski definition) is 2. The van der Waals surface area contributed by atoms with E-state index >= 15 is 0 Å². The molecule has 0 saturated carbocycles. The molecule has 0 amide bonds. The zero-order valence-electron chi connectivity index (χ0n) is 16.5. The lowest BCUT2D eigenvalue weighted by atomic mass is 10.2. The molecular weight excluding hydrogens is 340 g/mol. The maximum Gasteiger partial charge on any atom is 0.305 e. The van der Waals surface area contributed by atoms with Gasteiger partial charge in [-0.1, -0.05) is 79.8 Å². The zero-order chi connectivity index (χ0) is 20.2. The molecule has 0 aromatic carbocycles. The molecule has 4 nitrogen and oxygen atoms in total. The maximum absolute atomic E-state index is 10.9. The fraction of sp³-hybridized carbons (Fsp3) is 0.435. The van der Waals surface area contributed by atoms with E-state index in [9.17, 15) is 15.0 Å². The molecule has 0 rings (SSSR count). The van der Waals surface area contributed by atoms with Crippen LogP contribution in [0.2, 0.25) is 0 Å². The fourth-order valence-electron chi connectivity index (χ4n) is 2.00. The summed E-state index contributed by atoms with van der Waals surface area (Å²) >= 11 is 0. The van der Waals surface area contributed by atoms with Gasteiger partial charge in [-0.25, -0.2) is 0 Å². The van der Waals surface area contributed by atoms with Crippen LogP contribution in [0, 0.1) is 0 Å². The van der Waals surface area contributed by atoms with Gasteiger partial charge in [0.05, 0.1) is 19.3 Å². The Labute approximate surface area is 163 Å². The van der Waals surface area contributed by atoms with Gasteiger partial charge in [0.25, 0.3) is 0 Å². The first-order chi connectivity index (χ1) is 13.1.